The summed E-state index contributed by atoms with van der Waals surface area (Å²) in [5.41, 5.74) is 0.792. The smallest absolute Gasteiger partial charge is 0.261 e. The maximum Gasteiger partial charge on any atom is 0.261 e. The summed E-state index contributed by atoms with van der Waals surface area (Å²) in [6.45, 7) is 2.02. The Balaban J connectivity index is 1.46. The Bertz CT molecular complexity index is 789. The molecule has 7 nitrogen and oxygen atoms in total. The molecule has 0 saturated heterocycles. The lowest BCUT2D eigenvalue weighted by Gasteiger charge is -2.24. The Hall–Kier alpha value is -2.09. The molecule has 0 amide bonds. The van der Waals surface area contributed by atoms with E-state index in [1.165, 1.54) is 32.1 Å². The third-order valence-electron chi connectivity index (χ3n) is 4.34. The molecule has 8 heteroatoms. The lowest BCUT2D eigenvalue weighted by molar-refractivity contribution is 0.332. The van der Waals surface area contributed by atoms with Crippen molar-refractivity contribution in [2.24, 2.45) is 0 Å². The second-order valence-electron chi connectivity index (χ2n) is 6.01. The first-order valence-electron chi connectivity index (χ1n) is 8.21. The van der Waals surface area contributed by atoms with Crippen LogP contribution in [0.4, 0.5) is 0 Å². The van der Waals surface area contributed by atoms with Gasteiger partial charge < -0.3 is 13.5 Å². The van der Waals surface area contributed by atoms with Crippen molar-refractivity contribution in [3.8, 4) is 11.5 Å². The van der Waals surface area contributed by atoms with Crippen molar-refractivity contribution in [1.82, 2.24) is 24.9 Å². The van der Waals surface area contributed by atoms with Crippen molar-refractivity contribution >= 4 is 11.8 Å². The minimum Gasteiger partial charge on any atom is -0.472 e. The van der Waals surface area contributed by atoms with Crippen LogP contribution in [-0.2, 0) is 5.75 Å². The Morgan fingerprint density at radius 3 is 2.92 bits per heavy atom. The van der Waals surface area contributed by atoms with Crippen LogP contribution in [-0.4, -0.2) is 24.9 Å². The minimum absolute atomic E-state index is 0.476. The summed E-state index contributed by atoms with van der Waals surface area (Å²) < 4.78 is 12.6. The van der Waals surface area contributed by atoms with Crippen molar-refractivity contribution in [1.29, 1.82) is 0 Å². The first-order chi connectivity index (χ1) is 11.8. The molecule has 0 unspecified atom stereocenters. The fourth-order valence-corrected chi connectivity index (χ4v) is 4.05. The van der Waals surface area contributed by atoms with Gasteiger partial charge in [0.05, 0.1) is 17.6 Å². The van der Waals surface area contributed by atoms with Gasteiger partial charge in [-0.15, -0.1) is 10.2 Å². The molecule has 1 aliphatic carbocycles. The molecule has 24 heavy (non-hydrogen) atoms. The van der Waals surface area contributed by atoms with E-state index in [9.17, 15) is 0 Å². The maximum absolute atomic E-state index is 5.27. The van der Waals surface area contributed by atoms with Gasteiger partial charge in [0.2, 0.25) is 0 Å². The molecular formula is C16H19N5O2S. The van der Waals surface area contributed by atoms with Crippen molar-refractivity contribution in [3.63, 3.8) is 0 Å². The Morgan fingerprint density at radius 1 is 1.25 bits per heavy atom. The molecule has 0 bridgehead atoms. The highest BCUT2D eigenvalue weighted by atomic mass is 32.2. The SMILES string of the molecule is Cc1nnc(SCc2noc(-c3ccoc3)n2)n1C1CCCCC1. The number of hydrogen-bond acceptors (Lipinski definition) is 7. The van der Waals surface area contributed by atoms with Crippen LogP contribution in [0.1, 0.15) is 49.8 Å². The molecule has 0 atom stereocenters. The first kappa shape index (κ1) is 15.4. The molecule has 1 saturated carbocycles. The predicted octanol–water partition coefficient (Wildman–Crippen LogP) is 4.03. The standard InChI is InChI=1S/C16H19N5O2S/c1-11-18-19-16(21(11)13-5-3-2-4-6-13)24-10-14-17-15(23-20-14)12-7-8-22-9-12/h7-9,13H,2-6,10H2,1H3. The maximum atomic E-state index is 5.27. The molecule has 0 N–H and O–H groups in total. The lowest BCUT2D eigenvalue weighted by atomic mass is 9.95. The number of hydrogen-bond donors (Lipinski definition) is 0. The van der Waals surface area contributed by atoms with Gasteiger partial charge in [-0.2, -0.15) is 4.98 Å². The summed E-state index contributed by atoms with van der Waals surface area (Å²) in [5, 5.41) is 13.6. The van der Waals surface area contributed by atoms with Gasteiger partial charge >= 0.3 is 0 Å². The van der Waals surface area contributed by atoms with Gasteiger partial charge in [-0.25, -0.2) is 0 Å². The molecule has 126 valence electrons. The van der Waals surface area contributed by atoms with Crippen molar-refractivity contribution in [2.75, 3.05) is 0 Å². The van der Waals surface area contributed by atoms with Crippen molar-refractivity contribution < 1.29 is 8.94 Å². The monoisotopic (exact) mass is 345 g/mol. The van der Waals surface area contributed by atoms with Gasteiger partial charge in [0.15, 0.2) is 11.0 Å². The molecule has 0 radical (unpaired) electrons. The normalized spacial score (nSPS) is 15.9. The Kier molecular flexibility index (Phi) is 4.38. The average molecular weight is 345 g/mol. The van der Waals surface area contributed by atoms with Crippen LogP contribution < -0.4 is 0 Å². The third kappa shape index (κ3) is 3.10. The Morgan fingerprint density at radius 2 is 2.12 bits per heavy atom. The van der Waals surface area contributed by atoms with Crippen LogP contribution in [0, 0.1) is 6.92 Å². The molecule has 0 aromatic carbocycles. The summed E-state index contributed by atoms with van der Waals surface area (Å²) in [6.07, 6.45) is 9.49. The summed E-state index contributed by atoms with van der Waals surface area (Å²) in [6, 6.07) is 2.32. The predicted molar refractivity (Wildman–Crippen MR) is 88.4 cm³/mol. The molecule has 3 aromatic heterocycles. The highest BCUT2D eigenvalue weighted by molar-refractivity contribution is 7.98. The van der Waals surface area contributed by atoms with Crippen LogP contribution in [0.2, 0.25) is 0 Å². The van der Waals surface area contributed by atoms with Gasteiger partial charge in [0, 0.05) is 6.04 Å². The van der Waals surface area contributed by atoms with E-state index in [0.717, 1.165) is 16.5 Å². The molecule has 0 spiro atoms. The number of aromatic nitrogens is 5. The minimum atomic E-state index is 0.476. The van der Waals surface area contributed by atoms with E-state index in [2.05, 4.69) is 24.9 Å². The molecule has 4 rings (SSSR count). The van der Waals surface area contributed by atoms with Crippen molar-refractivity contribution in [3.05, 3.63) is 30.2 Å². The number of thioether (sulfide) groups is 1. The number of nitrogens with zero attached hydrogens (tertiary/aromatic N) is 5. The first-order valence-corrected chi connectivity index (χ1v) is 9.19. The second kappa shape index (κ2) is 6.80. The van der Waals surface area contributed by atoms with Crippen molar-refractivity contribution in [2.45, 2.75) is 56.0 Å². The van der Waals surface area contributed by atoms with Gasteiger partial charge in [-0.05, 0) is 25.8 Å². The zero-order valence-corrected chi connectivity index (χ0v) is 14.3. The van der Waals surface area contributed by atoms with Gasteiger partial charge in [-0.1, -0.05) is 36.2 Å². The van der Waals surface area contributed by atoms with E-state index < -0.39 is 0 Å². The fourth-order valence-electron chi connectivity index (χ4n) is 3.15. The summed E-state index contributed by atoms with van der Waals surface area (Å²) in [4.78, 5) is 4.40. The number of rotatable bonds is 5. The fraction of sp³-hybridized carbons (Fsp3) is 0.500. The van der Waals surface area contributed by atoms with E-state index in [-0.39, 0.29) is 0 Å². The molecule has 3 heterocycles. The molecule has 0 aliphatic heterocycles. The van der Waals surface area contributed by atoms with Gasteiger partial charge in [0.1, 0.15) is 12.1 Å². The molecule has 3 aromatic rings. The third-order valence-corrected chi connectivity index (χ3v) is 5.28. The summed E-state index contributed by atoms with van der Waals surface area (Å²) in [7, 11) is 0. The zero-order valence-electron chi connectivity index (χ0n) is 13.5. The van der Waals surface area contributed by atoms with E-state index >= 15 is 0 Å². The van der Waals surface area contributed by atoms with Crippen LogP contribution >= 0.6 is 11.8 Å². The number of aryl methyl sites for hydroxylation is 1. The highest BCUT2D eigenvalue weighted by Gasteiger charge is 2.21. The number of furan rings is 1. The van der Waals surface area contributed by atoms with E-state index in [1.54, 1.807) is 30.4 Å². The quantitative estimate of drug-likeness (QED) is 0.646. The van der Waals surface area contributed by atoms with E-state index in [0.29, 0.717) is 23.5 Å². The summed E-state index contributed by atoms with van der Waals surface area (Å²) in [5.74, 6) is 2.71. The second-order valence-corrected chi connectivity index (χ2v) is 6.95. The van der Waals surface area contributed by atoms with Crippen LogP contribution in [0.15, 0.2) is 32.7 Å². The zero-order chi connectivity index (χ0) is 16.4. The van der Waals surface area contributed by atoms with Gasteiger partial charge in [-0.3, -0.25) is 0 Å². The van der Waals surface area contributed by atoms with Crippen LogP contribution in [0.5, 0.6) is 0 Å². The largest absolute Gasteiger partial charge is 0.472 e. The lowest BCUT2D eigenvalue weighted by Crippen LogP contribution is -2.15. The Labute approximate surface area is 143 Å². The van der Waals surface area contributed by atoms with E-state index in [4.69, 9.17) is 8.94 Å². The molecule has 1 aliphatic rings. The topological polar surface area (TPSA) is 82.8 Å². The highest BCUT2D eigenvalue weighted by Crippen LogP contribution is 2.33. The van der Waals surface area contributed by atoms with E-state index in [1.807, 2.05) is 6.92 Å². The van der Waals surface area contributed by atoms with Gasteiger partial charge in [0.25, 0.3) is 5.89 Å². The van der Waals surface area contributed by atoms with Crippen LogP contribution in [0.25, 0.3) is 11.5 Å². The molecule has 1 fully saturated rings. The van der Waals surface area contributed by atoms with Crippen LogP contribution in [0.3, 0.4) is 0 Å². The molecular weight excluding hydrogens is 326 g/mol. The summed E-state index contributed by atoms with van der Waals surface area (Å²) >= 11 is 1.61. The average Bonchev–Trinajstić information content (AvgIpc) is 3.34.